The van der Waals surface area contributed by atoms with Crippen LogP contribution in [0.4, 0.5) is 0 Å². The van der Waals surface area contributed by atoms with Crippen LogP contribution in [0.3, 0.4) is 0 Å². The molecular weight excluding hydrogens is 210 g/mol. The molecule has 1 aromatic carbocycles. The van der Waals surface area contributed by atoms with Crippen LogP contribution < -0.4 is 5.32 Å². The summed E-state index contributed by atoms with van der Waals surface area (Å²) >= 11 is 0. The second-order valence-electron chi connectivity index (χ2n) is 4.42. The Balaban J connectivity index is 1.89. The molecule has 0 saturated carbocycles. The van der Waals surface area contributed by atoms with Gasteiger partial charge < -0.3 is 5.32 Å². The van der Waals surface area contributed by atoms with Gasteiger partial charge >= 0.3 is 0 Å². The van der Waals surface area contributed by atoms with Crippen LogP contribution in [-0.2, 0) is 6.54 Å². The molecule has 1 saturated heterocycles. The number of hydrogen-bond acceptors (Lipinski definition) is 3. The molecule has 0 bridgehead atoms. The Morgan fingerprint density at radius 2 is 2.18 bits per heavy atom. The molecule has 1 fully saturated rings. The summed E-state index contributed by atoms with van der Waals surface area (Å²) in [5, 5.41) is 5.76. The molecule has 2 heterocycles. The normalized spacial score (nSPS) is 17.4. The minimum atomic E-state index is 0.941. The fourth-order valence-electron chi connectivity index (χ4n) is 2.32. The van der Waals surface area contributed by atoms with E-state index in [0.29, 0.717) is 0 Å². The maximum atomic E-state index is 4.52. The summed E-state index contributed by atoms with van der Waals surface area (Å²) in [6.07, 6.45) is 1.89. The second-order valence-corrected chi connectivity index (χ2v) is 4.42. The number of nitrogens with zero attached hydrogens (tertiary/aromatic N) is 2. The Labute approximate surface area is 101 Å². The largest absolute Gasteiger partial charge is 0.314 e. The van der Waals surface area contributed by atoms with E-state index in [1.54, 1.807) is 0 Å². The molecule has 1 radical (unpaired) electrons. The zero-order valence-electron chi connectivity index (χ0n) is 9.82. The lowest BCUT2D eigenvalue weighted by Crippen LogP contribution is -2.43. The Kier molecular flexibility index (Phi) is 3.03. The summed E-state index contributed by atoms with van der Waals surface area (Å²) in [7, 11) is 0. The van der Waals surface area contributed by atoms with Crippen LogP contribution in [-0.4, -0.2) is 36.1 Å². The van der Waals surface area contributed by atoms with Crippen molar-refractivity contribution in [1.29, 1.82) is 0 Å². The predicted molar refractivity (Wildman–Crippen MR) is 68.7 cm³/mol. The molecule has 3 rings (SSSR count). The van der Waals surface area contributed by atoms with Gasteiger partial charge in [0.1, 0.15) is 0 Å². The highest BCUT2D eigenvalue weighted by Crippen LogP contribution is 2.17. The van der Waals surface area contributed by atoms with Crippen LogP contribution in [0.1, 0.15) is 5.69 Å². The van der Waals surface area contributed by atoms with Gasteiger partial charge in [-0.15, -0.1) is 0 Å². The van der Waals surface area contributed by atoms with Gasteiger partial charge in [-0.3, -0.25) is 9.88 Å². The molecule has 0 atom stereocenters. The van der Waals surface area contributed by atoms with Crippen molar-refractivity contribution in [3.05, 3.63) is 42.2 Å². The third-order valence-electron chi connectivity index (χ3n) is 3.25. The topological polar surface area (TPSA) is 28.2 Å². The molecule has 1 N–H and O–H groups in total. The van der Waals surface area contributed by atoms with E-state index >= 15 is 0 Å². The first-order valence-corrected chi connectivity index (χ1v) is 6.11. The number of rotatable bonds is 2. The Morgan fingerprint density at radius 3 is 3.06 bits per heavy atom. The molecule has 0 amide bonds. The van der Waals surface area contributed by atoms with Crippen molar-refractivity contribution in [1.82, 2.24) is 15.2 Å². The molecular formula is C14H16N3. The summed E-state index contributed by atoms with van der Waals surface area (Å²) in [6, 6.07) is 11.4. The van der Waals surface area contributed by atoms with Gasteiger partial charge in [0.2, 0.25) is 0 Å². The van der Waals surface area contributed by atoms with Gasteiger partial charge in [-0.2, -0.15) is 0 Å². The van der Waals surface area contributed by atoms with Crippen molar-refractivity contribution >= 4 is 10.8 Å². The molecule has 2 aromatic rings. The second kappa shape index (κ2) is 4.82. The zero-order chi connectivity index (χ0) is 11.5. The van der Waals surface area contributed by atoms with E-state index in [1.807, 2.05) is 24.4 Å². The average Bonchev–Trinajstić information content (AvgIpc) is 2.40. The van der Waals surface area contributed by atoms with Crippen LogP contribution in [0.15, 0.2) is 30.5 Å². The molecule has 3 nitrogen and oxygen atoms in total. The fourth-order valence-corrected chi connectivity index (χ4v) is 2.32. The Bertz CT molecular complexity index is 498. The van der Waals surface area contributed by atoms with Crippen LogP contribution in [0.25, 0.3) is 10.8 Å². The molecule has 0 aliphatic carbocycles. The quantitative estimate of drug-likeness (QED) is 0.840. The van der Waals surface area contributed by atoms with Crippen LogP contribution in [0, 0.1) is 6.07 Å². The van der Waals surface area contributed by atoms with Gasteiger partial charge in [0, 0.05) is 44.3 Å². The lowest BCUT2D eigenvalue weighted by Gasteiger charge is -2.27. The van der Waals surface area contributed by atoms with Gasteiger partial charge in [0.25, 0.3) is 0 Å². The van der Waals surface area contributed by atoms with Gasteiger partial charge in [0.05, 0.1) is 5.69 Å². The predicted octanol–water partition coefficient (Wildman–Crippen LogP) is 1.44. The third kappa shape index (κ3) is 2.30. The van der Waals surface area contributed by atoms with Crippen molar-refractivity contribution in [3.63, 3.8) is 0 Å². The summed E-state index contributed by atoms with van der Waals surface area (Å²) in [6.45, 7) is 5.31. The van der Waals surface area contributed by atoms with Crippen molar-refractivity contribution in [2.75, 3.05) is 26.2 Å². The number of fused-ring (bicyclic) bond motifs is 1. The maximum Gasteiger partial charge on any atom is 0.0622 e. The number of aromatic nitrogens is 1. The van der Waals surface area contributed by atoms with E-state index < -0.39 is 0 Å². The van der Waals surface area contributed by atoms with Crippen molar-refractivity contribution in [2.24, 2.45) is 0 Å². The first-order valence-electron chi connectivity index (χ1n) is 6.11. The van der Waals surface area contributed by atoms with Gasteiger partial charge in [0.15, 0.2) is 0 Å². The Hall–Kier alpha value is -1.45. The molecule has 87 valence electrons. The minimum Gasteiger partial charge on any atom is -0.314 e. The Morgan fingerprint density at radius 1 is 1.29 bits per heavy atom. The highest BCUT2D eigenvalue weighted by Gasteiger charge is 2.11. The fraction of sp³-hybridized carbons (Fsp3) is 0.357. The first kappa shape index (κ1) is 10.7. The standard InChI is InChI=1S/C14H16N3/c1-2-4-13-12(3-1)5-6-16-14(13)11-17-9-7-15-8-10-17/h1-2,4-6,15H,7-11H2. The lowest BCUT2D eigenvalue weighted by molar-refractivity contribution is 0.231. The van der Waals surface area contributed by atoms with E-state index in [0.717, 1.165) is 38.1 Å². The molecule has 0 unspecified atom stereocenters. The molecule has 0 spiro atoms. The minimum absolute atomic E-state index is 0.941. The molecule has 1 aliphatic heterocycles. The molecule has 17 heavy (non-hydrogen) atoms. The number of pyridine rings is 1. The monoisotopic (exact) mass is 226 g/mol. The number of piperazine rings is 1. The average molecular weight is 226 g/mol. The smallest absolute Gasteiger partial charge is 0.0622 e. The van der Waals surface area contributed by atoms with Crippen LogP contribution in [0.5, 0.6) is 0 Å². The van der Waals surface area contributed by atoms with Gasteiger partial charge in [-0.05, 0) is 17.5 Å². The van der Waals surface area contributed by atoms with E-state index in [2.05, 4.69) is 27.3 Å². The summed E-state index contributed by atoms with van der Waals surface area (Å²) in [5.74, 6) is 0. The van der Waals surface area contributed by atoms with E-state index in [9.17, 15) is 0 Å². The molecule has 1 aromatic heterocycles. The molecule has 3 heteroatoms. The lowest BCUT2D eigenvalue weighted by atomic mass is 10.1. The van der Waals surface area contributed by atoms with Crippen LogP contribution >= 0.6 is 0 Å². The van der Waals surface area contributed by atoms with Crippen molar-refractivity contribution in [3.8, 4) is 0 Å². The number of hydrogen-bond donors (Lipinski definition) is 1. The number of nitrogens with one attached hydrogen (secondary N) is 1. The third-order valence-corrected chi connectivity index (χ3v) is 3.25. The van der Waals surface area contributed by atoms with Gasteiger partial charge in [-0.1, -0.05) is 18.2 Å². The highest BCUT2D eigenvalue weighted by atomic mass is 15.2. The van der Waals surface area contributed by atoms with Crippen LogP contribution in [0.2, 0.25) is 0 Å². The SMILES string of the molecule is [c]1cccc2c(CN3CCNCC3)nccc12. The van der Waals surface area contributed by atoms with Crippen molar-refractivity contribution < 1.29 is 0 Å². The van der Waals surface area contributed by atoms with E-state index in [-0.39, 0.29) is 0 Å². The van der Waals surface area contributed by atoms with Gasteiger partial charge in [-0.25, -0.2) is 0 Å². The summed E-state index contributed by atoms with van der Waals surface area (Å²) in [5.41, 5.74) is 1.17. The zero-order valence-corrected chi connectivity index (χ0v) is 9.82. The first-order chi connectivity index (χ1) is 8.43. The maximum absolute atomic E-state index is 4.52. The van der Waals surface area contributed by atoms with E-state index in [1.165, 1.54) is 11.1 Å². The highest BCUT2D eigenvalue weighted by molar-refractivity contribution is 5.83. The van der Waals surface area contributed by atoms with Crippen molar-refractivity contribution in [2.45, 2.75) is 6.54 Å². The van der Waals surface area contributed by atoms with E-state index in [4.69, 9.17) is 0 Å². The summed E-state index contributed by atoms with van der Waals surface area (Å²) in [4.78, 5) is 6.97. The molecule has 1 aliphatic rings. The number of benzene rings is 1. The summed E-state index contributed by atoms with van der Waals surface area (Å²) < 4.78 is 0.